The number of aromatic nitrogens is 1. The van der Waals surface area contributed by atoms with Crippen LogP contribution < -0.4 is 0 Å². The third-order valence-electron chi connectivity index (χ3n) is 3.68. The predicted molar refractivity (Wildman–Crippen MR) is 94.3 cm³/mol. The van der Waals surface area contributed by atoms with Crippen molar-refractivity contribution in [1.29, 1.82) is 0 Å². The molecule has 3 rings (SSSR count). The molecule has 0 spiro atoms. The van der Waals surface area contributed by atoms with Crippen molar-refractivity contribution in [3.05, 3.63) is 64.8 Å². The minimum Gasteiger partial charge on any atom is -0.447 e. The molecular weight excluding hydrogens is 394 g/mol. The van der Waals surface area contributed by atoms with Crippen LogP contribution in [0.5, 0.6) is 0 Å². The molecule has 24 heavy (non-hydrogen) atoms. The van der Waals surface area contributed by atoms with Crippen LogP contribution in [0.3, 0.4) is 0 Å². The highest BCUT2D eigenvalue weighted by Gasteiger charge is 2.29. The monoisotopic (exact) mass is 407 g/mol. The molecule has 3 aromatic rings. The summed E-state index contributed by atoms with van der Waals surface area (Å²) in [6.07, 6.45) is 0.0388. The molecule has 0 radical (unpaired) electrons. The van der Waals surface area contributed by atoms with Crippen molar-refractivity contribution < 1.29 is 17.9 Å². The zero-order valence-electron chi connectivity index (χ0n) is 12.5. The highest BCUT2D eigenvalue weighted by atomic mass is 79.9. The van der Waals surface area contributed by atoms with E-state index in [1.807, 2.05) is 24.3 Å². The third kappa shape index (κ3) is 3.22. The van der Waals surface area contributed by atoms with Crippen molar-refractivity contribution in [3.63, 3.8) is 0 Å². The van der Waals surface area contributed by atoms with Gasteiger partial charge >= 0.3 is 0 Å². The molecule has 0 fully saturated rings. The molecule has 124 valence electrons. The van der Waals surface area contributed by atoms with E-state index >= 15 is 0 Å². The Bertz CT molecular complexity index is 967. The summed E-state index contributed by atoms with van der Waals surface area (Å²) in [6.45, 7) is 0.170. The van der Waals surface area contributed by atoms with Gasteiger partial charge in [0.05, 0.1) is 4.90 Å². The average molecular weight is 408 g/mol. The van der Waals surface area contributed by atoms with E-state index in [9.17, 15) is 13.2 Å². The topological polar surface area (TPSA) is 76.2 Å². The molecule has 0 aliphatic carbocycles. The Hall–Kier alpha value is -2.12. The molecular formula is C17H14BrNO4S. The standard InChI is InChI=1S/C17H14BrNO4S/c18-15-7-4-8-16-14(15)9-12(19-16)10-17(23-11-20)24(21,22)13-5-2-1-3-6-13/h1-9,11,17,19H,10H2. The molecule has 1 atom stereocenters. The summed E-state index contributed by atoms with van der Waals surface area (Å²) < 4.78 is 31.2. The highest BCUT2D eigenvalue weighted by molar-refractivity contribution is 9.10. The molecule has 0 saturated carbocycles. The van der Waals surface area contributed by atoms with Gasteiger partial charge in [0.2, 0.25) is 15.3 Å². The van der Waals surface area contributed by atoms with E-state index in [1.54, 1.807) is 18.2 Å². The van der Waals surface area contributed by atoms with Crippen LogP contribution in [0.2, 0.25) is 0 Å². The fraction of sp³-hybridized carbons (Fsp3) is 0.118. The fourth-order valence-corrected chi connectivity index (χ4v) is 4.43. The number of ether oxygens (including phenoxy) is 1. The van der Waals surface area contributed by atoms with E-state index in [0.29, 0.717) is 5.69 Å². The number of H-pyrrole nitrogens is 1. The van der Waals surface area contributed by atoms with E-state index in [2.05, 4.69) is 20.9 Å². The second-order valence-electron chi connectivity index (χ2n) is 5.22. The maximum absolute atomic E-state index is 12.7. The van der Waals surface area contributed by atoms with Gasteiger partial charge in [0.15, 0.2) is 0 Å². The summed E-state index contributed by atoms with van der Waals surface area (Å²) in [5.74, 6) is 0. The molecule has 7 heteroatoms. The molecule has 1 heterocycles. The van der Waals surface area contributed by atoms with Gasteiger partial charge in [-0.05, 0) is 30.3 Å². The Morgan fingerprint density at radius 2 is 1.88 bits per heavy atom. The van der Waals surface area contributed by atoms with E-state index < -0.39 is 15.3 Å². The van der Waals surface area contributed by atoms with Gasteiger partial charge in [-0.15, -0.1) is 0 Å². The summed E-state index contributed by atoms with van der Waals surface area (Å²) in [4.78, 5) is 14.1. The van der Waals surface area contributed by atoms with Crippen molar-refractivity contribution in [2.45, 2.75) is 16.8 Å². The quantitative estimate of drug-likeness (QED) is 0.634. The molecule has 0 aliphatic heterocycles. The fourth-order valence-electron chi connectivity index (χ4n) is 2.52. The van der Waals surface area contributed by atoms with Gasteiger partial charge in [-0.3, -0.25) is 4.79 Å². The number of benzene rings is 2. The van der Waals surface area contributed by atoms with Crippen LogP contribution in [-0.4, -0.2) is 25.3 Å². The van der Waals surface area contributed by atoms with E-state index in [4.69, 9.17) is 4.74 Å². The molecule has 1 N–H and O–H groups in total. The minimum atomic E-state index is -3.79. The van der Waals surface area contributed by atoms with Gasteiger partial charge < -0.3 is 9.72 Å². The van der Waals surface area contributed by atoms with E-state index in [0.717, 1.165) is 15.4 Å². The number of carbonyl (C=O) groups excluding carboxylic acids is 1. The second kappa shape index (κ2) is 6.78. The number of rotatable bonds is 6. The first-order chi connectivity index (χ1) is 11.5. The minimum absolute atomic E-state index is 0.0388. The van der Waals surface area contributed by atoms with Crippen LogP contribution in [0.15, 0.2) is 64.0 Å². The van der Waals surface area contributed by atoms with Gasteiger partial charge in [0, 0.05) is 27.5 Å². The third-order valence-corrected chi connectivity index (χ3v) is 6.27. The first-order valence-corrected chi connectivity index (χ1v) is 9.50. The van der Waals surface area contributed by atoms with Gasteiger partial charge in [0.1, 0.15) is 0 Å². The lowest BCUT2D eigenvalue weighted by Crippen LogP contribution is -2.27. The lowest BCUT2D eigenvalue weighted by molar-refractivity contribution is -0.130. The summed E-state index contributed by atoms with van der Waals surface area (Å²) in [6, 6.07) is 15.5. The second-order valence-corrected chi connectivity index (χ2v) is 8.16. The normalized spacial score (nSPS) is 12.9. The van der Waals surface area contributed by atoms with Gasteiger partial charge in [0.25, 0.3) is 6.47 Å². The van der Waals surface area contributed by atoms with Gasteiger partial charge in [-0.2, -0.15) is 0 Å². The number of fused-ring (bicyclic) bond motifs is 1. The Balaban J connectivity index is 1.96. The molecule has 1 aromatic heterocycles. The van der Waals surface area contributed by atoms with Crippen molar-refractivity contribution >= 4 is 43.1 Å². The molecule has 5 nitrogen and oxygen atoms in total. The van der Waals surface area contributed by atoms with Crippen LogP contribution in [0.1, 0.15) is 5.69 Å². The summed E-state index contributed by atoms with van der Waals surface area (Å²) in [5.41, 5.74) is 0.258. The number of hydrogen-bond acceptors (Lipinski definition) is 4. The Morgan fingerprint density at radius 1 is 1.12 bits per heavy atom. The van der Waals surface area contributed by atoms with Crippen molar-refractivity contribution in [1.82, 2.24) is 4.98 Å². The lowest BCUT2D eigenvalue weighted by atomic mass is 10.2. The number of hydrogen-bond donors (Lipinski definition) is 1. The summed E-state index contributed by atoms with van der Waals surface area (Å²) >= 11 is 3.46. The number of aromatic amines is 1. The van der Waals surface area contributed by atoms with Crippen LogP contribution in [-0.2, 0) is 25.8 Å². The van der Waals surface area contributed by atoms with Gasteiger partial charge in [-0.1, -0.05) is 40.2 Å². The molecule has 0 bridgehead atoms. The van der Waals surface area contributed by atoms with E-state index in [-0.39, 0.29) is 17.8 Å². The maximum atomic E-state index is 12.7. The summed E-state index contributed by atoms with van der Waals surface area (Å²) in [7, 11) is -3.79. The number of sulfone groups is 1. The van der Waals surface area contributed by atoms with Crippen molar-refractivity contribution in [3.8, 4) is 0 Å². The smallest absolute Gasteiger partial charge is 0.294 e. The molecule has 1 unspecified atom stereocenters. The Kier molecular flexibility index (Phi) is 4.73. The average Bonchev–Trinajstić information content (AvgIpc) is 2.99. The summed E-state index contributed by atoms with van der Waals surface area (Å²) in [5, 5.41) is 0.939. The first-order valence-electron chi connectivity index (χ1n) is 7.16. The van der Waals surface area contributed by atoms with Crippen molar-refractivity contribution in [2.75, 3.05) is 0 Å². The van der Waals surface area contributed by atoms with Crippen molar-refractivity contribution in [2.24, 2.45) is 0 Å². The van der Waals surface area contributed by atoms with Crippen LogP contribution >= 0.6 is 15.9 Å². The largest absolute Gasteiger partial charge is 0.447 e. The number of carbonyl (C=O) groups is 1. The molecule has 0 aliphatic rings. The Labute approximate surface area is 147 Å². The SMILES string of the molecule is O=COC(Cc1cc2c(Br)cccc2[nH]1)S(=O)(=O)c1ccccc1. The maximum Gasteiger partial charge on any atom is 0.294 e. The highest BCUT2D eigenvalue weighted by Crippen LogP contribution is 2.26. The number of halogens is 1. The van der Waals surface area contributed by atoms with Crippen LogP contribution in [0, 0.1) is 0 Å². The first kappa shape index (κ1) is 16.7. The molecule has 0 saturated heterocycles. The zero-order valence-corrected chi connectivity index (χ0v) is 14.9. The lowest BCUT2D eigenvalue weighted by Gasteiger charge is -2.15. The zero-order chi connectivity index (χ0) is 17.2. The Morgan fingerprint density at radius 3 is 2.54 bits per heavy atom. The van der Waals surface area contributed by atoms with Crippen LogP contribution in [0.4, 0.5) is 0 Å². The molecule has 0 amide bonds. The molecule has 2 aromatic carbocycles. The predicted octanol–water partition coefficient (Wildman–Crippen LogP) is 3.45. The number of nitrogens with one attached hydrogen (secondary N) is 1. The van der Waals surface area contributed by atoms with Crippen LogP contribution in [0.25, 0.3) is 10.9 Å². The van der Waals surface area contributed by atoms with Gasteiger partial charge in [-0.25, -0.2) is 8.42 Å². The van der Waals surface area contributed by atoms with E-state index in [1.165, 1.54) is 12.1 Å².